The summed E-state index contributed by atoms with van der Waals surface area (Å²) in [7, 11) is 0. The highest BCUT2D eigenvalue weighted by Gasteiger charge is 2.29. The first kappa shape index (κ1) is 11.7. The first-order valence-corrected chi connectivity index (χ1v) is 6.21. The van der Waals surface area contributed by atoms with E-state index in [1.807, 2.05) is 36.4 Å². The average Bonchev–Trinajstić information content (AvgIpc) is 2.47. The quantitative estimate of drug-likeness (QED) is 0.832. The summed E-state index contributed by atoms with van der Waals surface area (Å²) < 4.78 is 0. The predicted octanol–water partition coefficient (Wildman–Crippen LogP) is 2.26. The average molecular weight is 251 g/mol. The lowest BCUT2D eigenvalue weighted by atomic mass is 9.83. The highest BCUT2D eigenvalue weighted by Crippen LogP contribution is 2.32. The van der Waals surface area contributed by atoms with Crippen molar-refractivity contribution < 1.29 is 9.59 Å². The zero-order valence-corrected chi connectivity index (χ0v) is 10.3. The van der Waals surface area contributed by atoms with Crippen molar-refractivity contribution in [3.8, 4) is 0 Å². The van der Waals surface area contributed by atoms with Gasteiger partial charge in [0.25, 0.3) is 0 Å². The molecule has 1 aliphatic heterocycles. The van der Waals surface area contributed by atoms with Crippen LogP contribution in [0.1, 0.15) is 33.0 Å². The van der Waals surface area contributed by atoms with E-state index in [9.17, 15) is 9.59 Å². The summed E-state index contributed by atoms with van der Waals surface area (Å²) in [5.41, 5.74) is 3.43. The lowest BCUT2D eigenvalue weighted by Crippen LogP contribution is -2.35. The Bertz CT molecular complexity index is 649. The van der Waals surface area contributed by atoms with E-state index in [-0.39, 0.29) is 5.91 Å². The van der Waals surface area contributed by atoms with Crippen LogP contribution in [0.3, 0.4) is 0 Å². The molecule has 1 heterocycles. The minimum absolute atomic E-state index is 0.0481. The number of carbonyl (C=O) groups excluding carboxylic acids is 2. The van der Waals surface area contributed by atoms with E-state index >= 15 is 0 Å². The van der Waals surface area contributed by atoms with Gasteiger partial charge < -0.3 is 5.32 Å². The van der Waals surface area contributed by atoms with Gasteiger partial charge in [0.2, 0.25) is 5.91 Å². The van der Waals surface area contributed by atoms with Gasteiger partial charge in [-0.2, -0.15) is 0 Å². The van der Waals surface area contributed by atoms with Crippen LogP contribution in [-0.2, 0) is 11.3 Å². The summed E-state index contributed by atoms with van der Waals surface area (Å²) in [4.78, 5) is 23.4. The van der Waals surface area contributed by atoms with Gasteiger partial charge in [-0.25, -0.2) is 0 Å². The number of aldehydes is 1. The van der Waals surface area contributed by atoms with Crippen molar-refractivity contribution in [1.29, 1.82) is 0 Å². The molecule has 1 aliphatic rings. The van der Waals surface area contributed by atoms with Crippen molar-refractivity contribution in [1.82, 2.24) is 5.32 Å². The van der Waals surface area contributed by atoms with Gasteiger partial charge in [-0.05, 0) is 16.7 Å². The first-order chi connectivity index (χ1) is 9.31. The molecule has 2 aromatic rings. The molecule has 2 aromatic carbocycles. The van der Waals surface area contributed by atoms with Gasteiger partial charge in [-0.15, -0.1) is 0 Å². The maximum atomic E-state index is 12.2. The number of amides is 1. The van der Waals surface area contributed by atoms with Crippen LogP contribution in [0.2, 0.25) is 0 Å². The van der Waals surface area contributed by atoms with Gasteiger partial charge in [0.05, 0.1) is 5.92 Å². The van der Waals surface area contributed by atoms with Gasteiger partial charge in [0.1, 0.15) is 6.29 Å². The zero-order chi connectivity index (χ0) is 13.2. The normalized spacial score (nSPS) is 17.5. The Balaban J connectivity index is 2.19. The molecule has 1 N–H and O–H groups in total. The van der Waals surface area contributed by atoms with Gasteiger partial charge in [-0.1, -0.05) is 48.5 Å². The van der Waals surface area contributed by atoms with Crippen LogP contribution < -0.4 is 5.32 Å². The Kier molecular flexibility index (Phi) is 2.88. The molecule has 3 heteroatoms. The molecule has 3 nitrogen and oxygen atoms in total. The molecule has 3 rings (SSSR count). The Morgan fingerprint density at radius 2 is 1.68 bits per heavy atom. The minimum atomic E-state index is -0.397. The fourth-order valence-electron chi connectivity index (χ4n) is 2.59. The Labute approximate surface area is 111 Å². The monoisotopic (exact) mass is 251 g/mol. The summed E-state index contributed by atoms with van der Waals surface area (Å²) in [5, 5.41) is 2.88. The molecule has 1 atom stereocenters. The summed E-state index contributed by atoms with van der Waals surface area (Å²) in [5.74, 6) is -0.445. The van der Waals surface area contributed by atoms with Gasteiger partial charge in [0.15, 0.2) is 0 Å². The minimum Gasteiger partial charge on any atom is -0.351 e. The number of rotatable bonds is 2. The fourth-order valence-corrected chi connectivity index (χ4v) is 2.59. The SMILES string of the molecule is O=Cc1ccccc1C1C(=O)NCc2ccccc21. The van der Waals surface area contributed by atoms with Crippen molar-refractivity contribution in [2.45, 2.75) is 12.5 Å². The molecule has 0 aromatic heterocycles. The second-order valence-corrected chi connectivity index (χ2v) is 4.60. The first-order valence-electron chi connectivity index (χ1n) is 6.21. The summed E-state index contributed by atoms with van der Waals surface area (Å²) in [6.07, 6.45) is 0.805. The van der Waals surface area contributed by atoms with E-state index < -0.39 is 5.92 Å². The molecule has 94 valence electrons. The number of carbonyl (C=O) groups is 2. The van der Waals surface area contributed by atoms with Crippen LogP contribution in [0.25, 0.3) is 0 Å². The highest BCUT2D eigenvalue weighted by molar-refractivity contribution is 5.92. The predicted molar refractivity (Wildman–Crippen MR) is 72.0 cm³/mol. The fraction of sp³-hybridized carbons (Fsp3) is 0.125. The standard InChI is InChI=1S/C16H13NO2/c18-10-12-6-2-4-8-14(12)15-13-7-3-1-5-11(13)9-17-16(15)19/h1-8,10,15H,9H2,(H,17,19). The molecule has 0 fully saturated rings. The third kappa shape index (κ3) is 1.93. The lowest BCUT2D eigenvalue weighted by molar-refractivity contribution is -0.122. The van der Waals surface area contributed by atoms with E-state index in [1.165, 1.54) is 0 Å². The zero-order valence-electron chi connectivity index (χ0n) is 10.3. The third-order valence-electron chi connectivity index (χ3n) is 3.52. The van der Waals surface area contributed by atoms with E-state index in [1.54, 1.807) is 12.1 Å². The number of nitrogens with one attached hydrogen (secondary N) is 1. The van der Waals surface area contributed by atoms with E-state index in [0.717, 1.165) is 23.0 Å². The topological polar surface area (TPSA) is 46.2 Å². The maximum absolute atomic E-state index is 12.2. The summed E-state index contributed by atoms with van der Waals surface area (Å²) >= 11 is 0. The van der Waals surface area contributed by atoms with Crippen LogP contribution in [0.5, 0.6) is 0 Å². The molecule has 0 bridgehead atoms. The molecular weight excluding hydrogens is 238 g/mol. The number of hydrogen-bond acceptors (Lipinski definition) is 2. The lowest BCUT2D eigenvalue weighted by Gasteiger charge is -2.26. The van der Waals surface area contributed by atoms with Crippen LogP contribution in [0.4, 0.5) is 0 Å². The van der Waals surface area contributed by atoms with Crippen molar-refractivity contribution in [2.75, 3.05) is 0 Å². The Morgan fingerprint density at radius 1 is 1.00 bits per heavy atom. The third-order valence-corrected chi connectivity index (χ3v) is 3.52. The molecular formula is C16H13NO2. The van der Waals surface area contributed by atoms with Crippen LogP contribution in [0, 0.1) is 0 Å². The van der Waals surface area contributed by atoms with E-state index in [0.29, 0.717) is 12.1 Å². The van der Waals surface area contributed by atoms with Crippen LogP contribution in [-0.4, -0.2) is 12.2 Å². The second kappa shape index (κ2) is 4.69. The summed E-state index contributed by atoms with van der Waals surface area (Å²) in [6.45, 7) is 0.550. The molecule has 1 amide bonds. The van der Waals surface area contributed by atoms with Crippen LogP contribution >= 0.6 is 0 Å². The smallest absolute Gasteiger partial charge is 0.232 e. The molecule has 0 radical (unpaired) electrons. The molecule has 0 saturated carbocycles. The van der Waals surface area contributed by atoms with Crippen LogP contribution in [0.15, 0.2) is 48.5 Å². The van der Waals surface area contributed by atoms with Crippen molar-refractivity contribution >= 4 is 12.2 Å². The van der Waals surface area contributed by atoms with Crippen molar-refractivity contribution in [3.05, 3.63) is 70.8 Å². The molecule has 0 saturated heterocycles. The van der Waals surface area contributed by atoms with Gasteiger partial charge >= 0.3 is 0 Å². The Hall–Kier alpha value is -2.42. The molecule has 1 unspecified atom stereocenters. The molecule has 0 aliphatic carbocycles. The van der Waals surface area contributed by atoms with Gasteiger partial charge in [0, 0.05) is 12.1 Å². The highest BCUT2D eigenvalue weighted by atomic mass is 16.2. The molecule has 19 heavy (non-hydrogen) atoms. The van der Waals surface area contributed by atoms with E-state index in [2.05, 4.69) is 5.32 Å². The number of benzene rings is 2. The van der Waals surface area contributed by atoms with Crippen molar-refractivity contribution in [2.24, 2.45) is 0 Å². The largest absolute Gasteiger partial charge is 0.351 e. The second-order valence-electron chi connectivity index (χ2n) is 4.60. The number of hydrogen-bond donors (Lipinski definition) is 1. The summed E-state index contributed by atoms with van der Waals surface area (Å²) in [6, 6.07) is 15.1. The van der Waals surface area contributed by atoms with Gasteiger partial charge in [-0.3, -0.25) is 9.59 Å². The van der Waals surface area contributed by atoms with E-state index in [4.69, 9.17) is 0 Å². The molecule has 0 spiro atoms. The number of fused-ring (bicyclic) bond motifs is 1. The maximum Gasteiger partial charge on any atom is 0.232 e. The van der Waals surface area contributed by atoms with Crippen molar-refractivity contribution in [3.63, 3.8) is 0 Å². The Morgan fingerprint density at radius 3 is 2.47 bits per heavy atom.